The number of rotatable bonds is 4. The summed E-state index contributed by atoms with van der Waals surface area (Å²) in [6.07, 6.45) is 0. The van der Waals surface area contributed by atoms with Crippen molar-refractivity contribution in [3.63, 3.8) is 0 Å². The molecule has 0 spiro atoms. The molecule has 5 nitrogen and oxygen atoms in total. The maximum Gasteiger partial charge on any atom is 0.248 e. The molecule has 0 unspecified atom stereocenters. The highest BCUT2D eigenvalue weighted by atomic mass is 16.5. The van der Waals surface area contributed by atoms with Gasteiger partial charge in [-0.25, -0.2) is 0 Å². The molecule has 0 atom stereocenters. The summed E-state index contributed by atoms with van der Waals surface area (Å²) in [5, 5.41) is 17.5. The van der Waals surface area contributed by atoms with Crippen molar-refractivity contribution in [1.29, 1.82) is 0 Å². The molecule has 0 bridgehead atoms. The zero-order chi connectivity index (χ0) is 17.1. The van der Waals surface area contributed by atoms with Gasteiger partial charge in [0.15, 0.2) is 0 Å². The molecule has 3 aromatic carbocycles. The number of aromatic nitrogens is 2. The second-order valence-electron chi connectivity index (χ2n) is 5.40. The van der Waals surface area contributed by atoms with Crippen molar-refractivity contribution < 1.29 is 14.3 Å². The number of benzene rings is 3. The van der Waals surface area contributed by atoms with Crippen LogP contribution in [0, 0.1) is 0 Å². The minimum Gasteiger partial charge on any atom is -0.508 e. The maximum atomic E-state index is 9.29. The van der Waals surface area contributed by atoms with Crippen LogP contribution in [0.3, 0.4) is 0 Å². The molecule has 25 heavy (non-hydrogen) atoms. The van der Waals surface area contributed by atoms with E-state index in [2.05, 4.69) is 10.2 Å². The first-order valence-corrected chi connectivity index (χ1v) is 7.74. The standard InChI is InChI=1S/C20H14N2O3/c23-16-8-12-18(13-9-16)24-17-10-6-15(7-11-17)20-22-21-19(25-20)14-4-2-1-3-5-14/h1-13,23H. The van der Waals surface area contributed by atoms with Crippen molar-refractivity contribution in [3.05, 3.63) is 78.9 Å². The number of phenols is 1. The number of hydrogen-bond donors (Lipinski definition) is 1. The third-order valence-electron chi connectivity index (χ3n) is 3.62. The van der Waals surface area contributed by atoms with Crippen LogP contribution in [0.2, 0.25) is 0 Å². The average Bonchev–Trinajstić information content (AvgIpc) is 3.15. The van der Waals surface area contributed by atoms with E-state index < -0.39 is 0 Å². The van der Waals surface area contributed by atoms with Crippen molar-refractivity contribution in [2.24, 2.45) is 0 Å². The van der Waals surface area contributed by atoms with Crippen LogP contribution in [0.25, 0.3) is 22.9 Å². The number of aromatic hydroxyl groups is 1. The molecule has 122 valence electrons. The summed E-state index contributed by atoms with van der Waals surface area (Å²) < 4.78 is 11.5. The van der Waals surface area contributed by atoms with Gasteiger partial charge in [-0.3, -0.25) is 0 Å². The van der Waals surface area contributed by atoms with Gasteiger partial charge in [-0.1, -0.05) is 18.2 Å². The third-order valence-corrected chi connectivity index (χ3v) is 3.62. The van der Waals surface area contributed by atoms with E-state index in [1.54, 1.807) is 24.3 Å². The van der Waals surface area contributed by atoms with E-state index >= 15 is 0 Å². The number of nitrogens with zero attached hydrogens (tertiary/aromatic N) is 2. The van der Waals surface area contributed by atoms with Gasteiger partial charge in [0, 0.05) is 11.1 Å². The first-order chi connectivity index (χ1) is 12.3. The van der Waals surface area contributed by atoms with Gasteiger partial charge < -0.3 is 14.3 Å². The Morgan fingerprint density at radius 2 is 1.16 bits per heavy atom. The van der Waals surface area contributed by atoms with E-state index in [-0.39, 0.29) is 5.75 Å². The van der Waals surface area contributed by atoms with Gasteiger partial charge in [-0.15, -0.1) is 10.2 Å². The Labute approximate surface area is 144 Å². The smallest absolute Gasteiger partial charge is 0.248 e. The average molecular weight is 330 g/mol. The molecule has 0 saturated heterocycles. The highest BCUT2D eigenvalue weighted by Crippen LogP contribution is 2.27. The van der Waals surface area contributed by atoms with Crippen LogP contribution in [-0.4, -0.2) is 15.3 Å². The lowest BCUT2D eigenvalue weighted by Gasteiger charge is -2.05. The monoisotopic (exact) mass is 330 g/mol. The fourth-order valence-electron chi connectivity index (χ4n) is 2.35. The molecule has 5 heteroatoms. The fraction of sp³-hybridized carbons (Fsp3) is 0. The van der Waals surface area contributed by atoms with Crippen LogP contribution in [0.5, 0.6) is 17.2 Å². The van der Waals surface area contributed by atoms with Gasteiger partial charge in [0.25, 0.3) is 0 Å². The highest BCUT2D eigenvalue weighted by Gasteiger charge is 2.10. The molecular formula is C20H14N2O3. The van der Waals surface area contributed by atoms with E-state index in [0.717, 1.165) is 11.1 Å². The quantitative estimate of drug-likeness (QED) is 0.576. The van der Waals surface area contributed by atoms with E-state index in [4.69, 9.17) is 9.15 Å². The zero-order valence-electron chi connectivity index (χ0n) is 13.2. The Morgan fingerprint density at radius 3 is 1.76 bits per heavy atom. The summed E-state index contributed by atoms with van der Waals surface area (Å²) in [5.74, 6) is 2.47. The first-order valence-electron chi connectivity index (χ1n) is 7.74. The molecule has 1 heterocycles. The number of phenolic OH excluding ortho intramolecular Hbond substituents is 1. The molecule has 1 N–H and O–H groups in total. The lowest BCUT2D eigenvalue weighted by atomic mass is 10.2. The van der Waals surface area contributed by atoms with Crippen LogP contribution in [0.4, 0.5) is 0 Å². The largest absolute Gasteiger partial charge is 0.508 e. The highest BCUT2D eigenvalue weighted by molar-refractivity contribution is 5.58. The third kappa shape index (κ3) is 3.35. The predicted octanol–water partition coefficient (Wildman–Crippen LogP) is 4.90. The van der Waals surface area contributed by atoms with Crippen LogP contribution < -0.4 is 4.74 Å². The summed E-state index contributed by atoms with van der Waals surface area (Å²) in [7, 11) is 0. The van der Waals surface area contributed by atoms with Gasteiger partial charge in [0.05, 0.1) is 0 Å². The Morgan fingerprint density at radius 1 is 0.640 bits per heavy atom. The molecule has 4 aromatic rings. The summed E-state index contributed by atoms with van der Waals surface area (Å²) in [6, 6.07) is 23.6. The van der Waals surface area contributed by atoms with E-state index in [0.29, 0.717) is 23.3 Å². The Kier molecular flexibility index (Phi) is 3.88. The van der Waals surface area contributed by atoms with Gasteiger partial charge in [0.1, 0.15) is 17.2 Å². The second kappa shape index (κ2) is 6.49. The Hall–Kier alpha value is -3.60. The SMILES string of the molecule is Oc1ccc(Oc2ccc(-c3nnc(-c4ccccc4)o3)cc2)cc1. The predicted molar refractivity (Wildman–Crippen MR) is 93.4 cm³/mol. The van der Waals surface area contributed by atoms with Gasteiger partial charge in [-0.2, -0.15) is 0 Å². The van der Waals surface area contributed by atoms with Crippen LogP contribution in [0.15, 0.2) is 83.3 Å². The molecular weight excluding hydrogens is 316 g/mol. The molecule has 0 aliphatic carbocycles. The number of hydrogen-bond acceptors (Lipinski definition) is 5. The molecule has 0 fully saturated rings. The number of ether oxygens (including phenoxy) is 1. The maximum absolute atomic E-state index is 9.29. The summed E-state index contributed by atoms with van der Waals surface area (Å²) >= 11 is 0. The molecule has 0 aliphatic heterocycles. The summed E-state index contributed by atoms with van der Waals surface area (Å²) in [5.41, 5.74) is 1.70. The van der Waals surface area contributed by atoms with E-state index in [9.17, 15) is 5.11 Å². The van der Waals surface area contributed by atoms with E-state index in [1.165, 1.54) is 0 Å². The fourth-order valence-corrected chi connectivity index (χ4v) is 2.35. The Balaban J connectivity index is 1.52. The van der Waals surface area contributed by atoms with Gasteiger partial charge in [0.2, 0.25) is 11.8 Å². The van der Waals surface area contributed by atoms with Crippen LogP contribution in [-0.2, 0) is 0 Å². The summed E-state index contributed by atoms with van der Waals surface area (Å²) in [4.78, 5) is 0. The molecule has 0 amide bonds. The second-order valence-corrected chi connectivity index (χ2v) is 5.40. The lowest BCUT2D eigenvalue weighted by molar-refractivity contribution is 0.464. The van der Waals surface area contributed by atoms with Crippen molar-refractivity contribution >= 4 is 0 Å². The Bertz CT molecular complexity index is 962. The minimum absolute atomic E-state index is 0.202. The zero-order valence-corrected chi connectivity index (χ0v) is 13.2. The minimum atomic E-state index is 0.202. The van der Waals surface area contributed by atoms with Gasteiger partial charge in [-0.05, 0) is 60.7 Å². The van der Waals surface area contributed by atoms with Crippen molar-refractivity contribution in [2.45, 2.75) is 0 Å². The van der Waals surface area contributed by atoms with Crippen LogP contribution in [0.1, 0.15) is 0 Å². The van der Waals surface area contributed by atoms with E-state index in [1.807, 2.05) is 54.6 Å². The lowest BCUT2D eigenvalue weighted by Crippen LogP contribution is -1.84. The van der Waals surface area contributed by atoms with Crippen LogP contribution >= 0.6 is 0 Å². The molecule has 0 radical (unpaired) electrons. The normalized spacial score (nSPS) is 10.6. The molecule has 0 aliphatic rings. The van der Waals surface area contributed by atoms with Crippen molar-refractivity contribution in [1.82, 2.24) is 10.2 Å². The topological polar surface area (TPSA) is 68.4 Å². The van der Waals surface area contributed by atoms with Gasteiger partial charge >= 0.3 is 0 Å². The summed E-state index contributed by atoms with van der Waals surface area (Å²) in [6.45, 7) is 0. The molecule has 4 rings (SSSR count). The van der Waals surface area contributed by atoms with Crippen molar-refractivity contribution in [2.75, 3.05) is 0 Å². The molecule has 1 aromatic heterocycles. The van der Waals surface area contributed by atoms with Crippen molar-refractivity contribution in [3.8, 4) is 40.2 Å². The first kappa shape index (κ1) is 15.0. The molecule has 0 saturated carbocycles.